The van der Waals surface area contributed by atoms with Crippen molar-refractivity contribution in [1.82, 2.24) is 0 Å². The summed E-state index contributed by atoms with van der Waals surface area (Å²) in [7, 11) is -15.5. The predicted molar refractivity (Wildman–Crippen MR) is 77.8 cm³/mol. The van der Waals surface area contributed by atoms with Gasteiger partial charge in [-0.05, 0) is 23.6 Å². The molecule has 0 bridgehead atoms. The van der Waals surface area contributed by atoms with E-state index < -0.39 is 50.4 Å². The van der Waals surface area contributed by atoms with Crippen molar-refractivity contribution in [3.63, 3.8) is 0 Å². The summed E-state index contributed by atoms with van der Waals surface area (Å²) in [5.41, 5.74) is 5.27. The molecule has 0 heterocycles. The maximum atomic E-state index is 11.6. The Bertz CT molecular complexity index is 1130. The van der Waals surface area contributed by atoms with Gasteiger partial charge in [-0.1, -0.05) is 6.07 Å². The summed E-state index contributed by atoms with van der Waals surface area (Å²) in [5.74, 6) is 0. The topological polar surface area (TPSA) is 189 Å². The molecule has 0 saturated heterocycles. The second kappa shape index (κ2) is 5.12. The van der Waals surface area contributed by atoms with Crippen molar-refractivity contribution in [2.24, 2.45) is 0 Å². The van der Waals surface area contributed by atoms with E-state index in [1.54, 1.807) is 0 Å². The van der Waals surface area contributed by atoms with Gasteiger partial charge in [0, 0.05) is 11.1 Å². The minimum absolute atomic E-state index is 0.175. The monoisotopic (exact) mass is 383 g/mol. The summed E-state index contributed by atoms with van der Waals surface area (Å²) >= 11 is 0. The van der Waals surface area contributed by atoms with Crippen molar-refractivity contribution in [3.05, 3.63) is 24.3 Å². The van der Waals surface area contributed by atoms with E-state index in [1.165, 1.54) is 0 Å². The predicted octanol–water partition coefficient (Wildman–Crippen LogP) is 0.162. The molecule has 5 N–H and O–H groups in total. The normalized spacial score (nSPS) is 13.3. The van der Waals surface area contributed by atoms with Gasteiger partial charge in [-0.3, -0.25) is 13.7 Å². The van der Waals surface area contributed by atoms with Gasteiger partial charge in [0.1, 0.15) is 14.7 Å². The number of nitrogens with two attached hydrogens (primary N) is 1. The maximum Gasteiger partial charge on any atom is 0.296 e. The van der Waals surface area contributed by atoms with Gasteiger partial charge in [0.25, 0.3) is 30.4 Å². The Balaban J connectivity index is 3.31. The van der Waals surface area contributed by atoms with Gasteiger partial charge in [-0.15, -0.1) is 0 Å². The number of hydrogen-bond donors (Lipinski definition) is 4. The quantitative estimate of drug-likeness (QED) is 0.419. The molecule has 0 radical (unpaired) electrons. The zero-order valence-electron chi connectivity index (χ0n) is 10.9. The summed E-state index contributed by atoms with van der Waals surface area (Å²) in [6.07, 6.45) is 0. The van der Waals surface area contributed by atoms with Gasteiger partial charge < -0.3 is 5.73 Å². The summed E-state index contributed by atoms with van der Waals surface area (Å²) in [6, 6.07) is 3.37. The Morgan fingerprint density at radius 1 is 0.739 bits per heavy atom. The van der Waals surface area contributed by atoms with Crippen LogP contribution in [0.4, 0.5) is 5.69 Å². The van der Waals surface area contributed by atoms with E-state index in [1.807, 2.05) is 0 Å². The van der Waals surface area contributed by atoms with Crippen LogP contribution in [0.5, 0.6) is 0 Å². The molecule has 0 aliphatic carbocycles. The third-order valence-electron chi connectivity index (χ3n) is 2.83. The fourth-order valence-corrected chi connectivity index (χ4v) is 4.90. The van der Waals surface area contributed by atoms with Crippen LogP contribution in [0.3, 0.4) is 0 Å². The van der Waals surface area contributed by atoms with E-state index in [9.17, 15) is 34.4 Å². The van der Waals surface area contributed by atoms with E-state index in [2.05, 4.69) is 0 Å². The molecule has 0 atom stereocenters. The van der Waals surface area contributed by atoms with Gasteiger partial charge in [0.05, 0.1) is 0 Å². The second-order valence-electron chi connectivity index (χ2n) is 4.44. The molecule has 0 aliphatic heterocycles. The Hall–Kier alpha value is -1.77. The van der Waals surface area contributed by atoms with Crippen LogP contribution in [0.2, 0.25) is 0 Å². The van der Waals surface area contributed by atoms with Crippen LogP contribution in [0.1, 0.15) is 0 Å². The standard InChI is InChI=1S/C10H9NO9S3/c11-6-3-5-1-2-7(21(12,13)14)10(23(18,19)20)9(5)8(4-6)22(15,16)17/h1-4H,11H2,(H,12,13,14)(H,15,16,17)(H,18,19,20). The zero-order valence-corrected chi connectivity index (χ0v) is 13.4. The van der Waals surface area contributed by atoms with Crippen molar-refractivity contribution in [1.29, 1.82) is 0 Å². The maximum absolute atomic E-state index is 11.6. The van der Waals surface area contributed by atoms with Crippen molar-refractivity contribution >= 4 is 46.8 Å². The highest BCUT2D eigenvalue weighted by atomic mass is 32.2. The van der Waals surface area contributed by atoms with Gasteiger partial charge in [0.15, 0.2) is 0 Å². The molecule has 13 heteroatoms. The highest BCUT2D eigenvalue weighted by Gasteiger charge is 2.30. The van der Waals surface area contributed by atoms with Gasteiger partial charge in [0.2, 0.25) is 0 Å². The molecule has 0 fully saturated rings. The third kappa shape index (κ3) is 3.29. The second-order valence-corrected chi connectivity index (χ2v) is 8.57. The van der Waals surface area contributed by atoms with E-state index in [0.717, 1.165) is 12.1 Å². The average Bonchev–Trinajstić information content (AvgIpc) is 2.32. The summed E-state index contributed by atoms with van der Waals surface area (Å²) in [5, 5.41) is -1.02. The molecule has 2 aromatic rings. The summed E-state index contributed by atoms with van der Waals surface area (Å²) in [6.45, 7) is 0. The van der Waals surface area contributed by atoms with Crippen LogP contribution in [0, 0.1) is 0 Å². The molecule has 0 aromatic heterocycles. The highest BCUT2D eigenvalue weighted by Crippen LogP contribution is 2.35. The number of rotatable bonds is 3. The lowest BCUT2D eigenvalue weighted by Crippen LogP contribution is -2.11. The molecular formula is C10H9NO9S3. The Morgan fingerprint density at radius 3 is 1.70 bits per heavy atom. The third-order valence-corrected chi connectivity index (χ3v) is 5.68. The average molecular weight is 383 g/mol. The van der Waals surface area contributed by atoms with Crippen LogP contribution in [0.15, 0.2) is 39.0 Å². The lowest BCUT2D eigenvalue weighted by Gasteiger charge is -2.12. The summed E-state index contributed by atoms with van der Waals surface area (Å²) in [4.78, 5) is -3.67. The molecule has 126 valence electrons. The molecule has 23 heavy (non-hydrogen) atoms. The number of anilines is 1. The molecule has 2 rings (SSSR count). The Labute approximate surface area is 130 Å². The first-order valence-corrected chi connectivity index (χ1v) is 9.83. The van der Waals surface area contributed by atoms with E-state index >= 15 is 0 Å². The first-order chi connectivity index (χ1) is 10.2. The molecule has 0 unspecified atom stereocenters. The molecule has 0 spiro atoms. The lowest BCUT2D eigenvalue weighted by atomic mass is 10.1. The molecule has 0 amide bonds. The molecule has 0 aliphatic rings. The van der Waals surface area contributed by atoms with E-state index in [0.29, 0.717) is 12.1 Å². The van der Waals surface area contributed by atoms with Gasteiger partial charge in [-0.25, -0.2) is 0 Å². The number of hydrogen-bond acceptors (Lipinski definition) is 7. The van der Waals surface area contributed by atoms with Crippen molar-refractivity contribution in [2.45, 2.75) is 14.7 Å². The minimum Gasteiger partial charge on any atom is -0.399 e. The van der Waals surface area contributed by atoms with Crippen LogP contribution in [-0.4, -0.2) is 38.9 Å². The Kier molecular flexibility index (Phi) is 3.91. The fourth-order valence-electron chi connectivity index (χ4n) is 2.06. The van der Waals surface area contributed by atoms with Crippen molar-refractivity contribution in [3.8, 4) is 0 Å². The smallest absolute Gasteiger partial charge is 0.296 e. The van der Waals surface area contributed by atoms with Gasteiger partial charge >= 0.3 is 0 Å². The molecule has 2 aromatic carbocycles. The molecule has 0 saturated carbocycles. The van der Waals surface area contributed by atoms with E-state index in [4.69, 9.17) is 10.3 Å². The van der Waals surface area contributed by atoms with Crippen molar-refractivity contribution in [2.75, 3.05) is 5.73 Å². The zero-order chi connectivity index (χ0) is 17.8. The minimum atomic E-state index is -5.29. The van der Waals surface area contributed by atoms with Crippen molar-refractivity contribution < 1.29 is 38.9 Å². The number of nitrogen functional groups attached to an aromatic ring is 1. The fraction of sp³-hybridized carbons (Fsp3) is 0. The molecule has 10 nitrogen and oxygen atoms in total. The van der Waals surface area contributed by atoms with Crippen LogP contribution >= 0.6 is 0 Å². The number of benzene rings is 2. The lowest BCUT2D eigenvalue weighted by molar-refractivity contribution is 0.467. The number of fused-ring (bicyclic) bond motifs is 1. The summed E-state index contributed by atoms with van der Waals surface area (Å²) < 4.78 is 96.2. The first kappa shape index (κ1) is 17.6. The van der Waals surface area contributed by atoms with E-state index in [-0.39, 0.29) is 11.1 Å². The van der Waals surface area contributed by atoms with Gasteiger partial charge in [-0.2, -0.15) is 25.3 Å². The van der Waals surface area contributed by atoms with Crippen LogP contribution in [0.25, 0.3) is 10.8 Å². The Morgan fingerprint density at radius 2 is 1.26 bits per heavy atom. The first-order valence-electron chi connectivity index (χ1n) is 5.51. The van der Waals surface area contributed by atoms with Crippen LogP contribution in [-0.2, 0) is 30.4 Å². The SMILES string of the molecule is Nc1cc(S(=O)(=O)O)c2c(S(=O)(=O)O)c(S(=O)(=O)O)ccc2c1. The molecular weight excluding hydrogens is 374 g/mol. The highest BCUT2D eigenvalue weighted by molar-refractivity contribution is 7.89. The largest absolute Gasteiger partial charge is 0.399 e. The van der Waals surface area contributed by atoms with Crippen LogP contribution < -0.4 is 5.73 Å².